The Morgan fingerprint density at radius 2 is 0.741 bits per heavy atom. The lowest BCUT2D eigenvalue weighted by Crippen LogP contribution is -2.35. The van der Waals surface area contributed by atoms with Crippen molar-refractivity contribution in [3.63, 3.8) is 0 Å². The minimum absolute atomic E-state index is 0.271. The Labute approximate surface area is 680 Å². The number of likely N-dealkylation sites (N-methyl/N-ethyl adjacent to an activating group) is 1. The first-order chi connectivity index (χ1) is 56.1. The molecule has 0 amide bonds. The van der Waals surface area contributed by atoms with Gasteiger partial charge in [0.15, 0.2) is 0 Å². The van der Waals surface area contributed by atoms with Crippen LogP contribution in [0.3, 0.4) is 0 Å². The van der Waals surface area contributed by atoms with Crippen LogP contribution in [-0.4, -0.2) is 190 Å². The molecule has 8 unspecified atom stereocenters. The number of aryl methyl sites for hydroxylation is 5. The molecular formula is C90H102BrFN12O12. The van der Waals surface area contributed by atoms with Crippen molar-refractivity contribution >= 4 is 60.1 Å². The number of hydrogen-bond donors (Lipinski definition) is 11. The number of fused-ring (bicyclic) bond motifs is 8. The van der Waals surface area contributed by atoms with E-state index in [4.69, 9.17) is 18.9 Å². The smallest absolute Gasteiger partial charge is 0.140 e. The van der Waals surface area contributed by atoms with Crippen LogP contribution in [0.5, 0.6) is 23.0 Å². The molecule has 4 saturated carbocycles. The summed E-state index contributed by atoms with van der Waals surface area (Å²) < 4.78 is 47.9. The number of hydrogen-bond acceptors (Lipinski definition) is 20. The number of ether oxygens (including phenoxy) is 4. The zero-order chi connectivity index (χ0) is 80.5. The standard InChI is InChI=1S/2C23H27N3O3.C22H24BrN3O3.C22H24FN3O3/c1-13-9-15-4-6-24-12-17(15)19(10-13)29-20-11-18(21(27)22(20)28)26-8-5-16-14(2)3-7-25-23(16)26;1-14-6-9-24-23-16(14)8-11-26(23)18-12-20(22(28)21(18)27)29-19-5-3-4-15-13-25(2)10-7-17(15)19;2*1-12-2-6-25-22-15(12)4-7-26(22)17-10-19(21(28)20(17)27)29-18-9-14(23)8-13-3-5-24-11-16(13)18/h3,5,7-10,18,20-22,24,27-28H,4,6,11-12H2,1-2H3;3-6,8-9,11,18,20-22,27-28H,7,10,12-13H2,1-2H3;2*2,4,6-9,17,19-21,24,27-28H,3,5,10-11H2,1H3/t2*18?,20?,21-,22+;2*17?,19?,20-,21+/m0000/s1. The molecule has 24 nitrogen and oxygen atoms in total. The Morgan fingerprint density at radius 3 is 1.14 bits per heavy atom. The molecule has 0 spiro atoms. The number of benzene rings is 4. The quantitative estimate of drug-likeness (QED) is 0.0542. The first-order valence-corrected chi connectivity index (χ1v) is 41.4. The van der Waals surface area contributed by atoms with E-state index < -0.39 is 73.2 Å². The summed E-state index contributed by atoms with van der Waals surface area (Å²) in [6, 6.07) is 32.1. The molecule has 26 heteroatoms. The third-order valence-corrected chi connectivity index (χ3v) is 25.7. The molecule has 4 aliphatic heterocycles. The number of aliphatic hydroxyl groups excluding tert-OH is 8. The van der Waals surface area contributed by atoms with Gasteiger partial charge >= 0.3 is 0 Å². The van der Waals surface area contributed by atoms with Gasteiger partial charge in [-0.15, -0.1) is 0 Å². The Morgan fingerprint density at radius 1 is 0.388 bits per heavy atom. The fourth-order valence-electron chi connectivity index (χ4n) is 18.8. The van der Waals surface area contributed by atoms with Gasteiger partial charge in [-0.25, -0.2) is 24.3 Å². The zero-order valence-corrected chi connectivity index (χ0v) is 67.6. The van der Waals surface area contributed by atoms with Crippen molar-refractivity contribution in [2.75, 3.05) is 33.2 Å². The number of nitrogens with zero attached hydrogens (tertiary/aromatic N) is 9. The van der Waals surface area contributed by atoms with Crippen LogP contribution >= 0.6 is 15.9 Å². The number of aromatic nitrogens is 8. The molecule has 12 heterocycles. The molecule has 4 fully saturated rings. The van der Waals surface area contributed by atoms with Crippen molar-refractivity contribution in [1.29, 1.82) is 0 Å². The van der Waals surface area contributed by atoms with Crippen LogP contribution in [0.25, 0.3) is 44.1 Å². The van der Waals surface area contributed by atoms with E-state index in [2.05, 4.69) is 103 Å². The van der Waals surface area contributed by atoms with Gasteiger partial charge in [0, 0.05) is 157 Å². The van der Waals surface area contributed by atoms with Gasteiger partial charge in [0.1, 0.15) is 125 Å². The van der Waals surface area contributed by atoms with Crippen LogP contribution < -0.4 is 34.9 Å². The van der Waals surface area contributed by atoms with Gasteiger partial charge < -0.3 is 98.9 Å². The van der Waals surface area contributed by atoms with E-state index in [1.54, 1.807) is 30.9 Å². The number of rotatable bonds is 12. The monoisotopic (exact) mass is 1640 g/mol. The lowest BCUT2D eigenvalue weighted by Gasteiger charge is -2.28. The van der Waals surface area contributed by atoms with E-state index in [-0.39, 0.29) is 30.0 Å². The predicted molar refractivity (Wildman–Crippen MR) is 443 cm³/mol. The molecule has 8 aromatic heterocycles. The average Bonchev–Trinajstić information content (AvgIpc) is 1.66. The summed E-state index contributed by atoms with van der Waals surface area (Å²) >= 11 is 3.57. The Hall–Kier alpha value is -9.23. The van der Waals surface area contributed by atoms with Crippen molar-refractivity contribution in [1.82, 2.24) is 59.1 Å². The normalized spacial score (nSPS) is 26.8. The second-order valence-corrected chi connectivity index (χ2v) is 33.7. The molecule has 116 heavy (non-hydrogen) atoms. The van der Waals surface area contributed by atoms with Gasteiger partial charge in [-0.05, 0) is 221 Å². The predicted octanol–water partition coefficient (Wildman–Crippen LogP) is 9.97. The van der Waals surface area contributed by atoms with Gasteiger partial charge in [-0.2, -0.15) is 0 Å². The molecule has 4 aromatic carbocycles. The zero-order valence-electron chi connectivity index (χ0n) is 66.0. The summed E-state index contributed by atoms with van der Waals surface area (Å²) in [5.74, 6) is 2.51. The van der Waals surface area contributed by atoms with E-state index in [1.165, 1.54) is 28.3 Å². The van der Waals surface area contributed by atoms with Gasteiger partial charge in [0.05, 0.1) is 24.2 Å². The fraction of sp³-hybridized carbons (Fsp3) is 0.422. The third-order valence-electron chi connectivity index (χ3n) is 25.3. The molecule has 16 atom stereocenters. The Kier molecular flexibility index (Phi) is 22.7. The van der Waals surface area contributed by atoms with Gasteiger partial charge in [0.2, 0.25) is 0 Å². The van der Waals surface area contributed by atoms with E-state index in [0.717, 1.165) is 187 Å². The van der Waals surface area contributed by atoms with E-state index in [9.17, 15) is 45.2 Å². The molecule has 608 valence electrons. The van der Waals surface area contributed by atoms with Crippen molar-refractivity contribution in [3.05, 3.63) is 235 Å². The summed E-state index contributed by atoms with van der Waals surface area (Å²) in [5, 5.41) is 100. The summed E-state index contributed by atoms with van der Waals surface area (Å²) in [7, 11) is 2.12. The summed E-state index contributed by atoms with van der Waals surface area (Å²) in [4.78, 5) is 20.3. The third kappa shape index (κ3) is 15.4. The molecule has 4 aliphatic carbocycles. The van der Waals surface area contributed by atoms with E-state index >= 15 is 0 Å². The van der Waals surface area contributed by atoms with Gasteiger partial charge in [-0.3, -0.25) is 0 Å². The molecule has 11 N–H and O–H groups in total. The highest BCUT2D eigenvalue weighted by Gasteiger charge is 2.49. The van der Waals surface area contributed by atoms with Gasteiger partial charge in [-0.1, -0.05) is 34.1 Å². The van der Waals surface area contributed by atoms with Crippen LogP contribution in [0.1, 0.15) is 122 Å². The van der Waals surface area contributed by atoms with Crippen LogP contribution in [-0.2, 0) is 51.9 Å². The second-order valence-electron chi connectivity index (χ2n) is 32.8. The van der Waals surface area contributed by atoms with E-state index in [1.807, 2.05) is 130 Å². The topological polar surface area (TPSA) is 309 Å². The lowest BCUT2D eigenvalue weighted by atomic mass is 9.97. The van der Waals surface area contributed by atoms with Crippen LogP contribution in [0.4, 0.5) is 4.39 Å². The molecule has 0 bridgehead atoms. The Bertz CT molecular complexity index is 5190. The van der Waals surface area contributed by atoms with E-state index in [0.29, 0.717) is 38.0 Å². The van der Waals surface area contributed by atoms with Crippen molar-refractivity contribution in [2.45, 2.75) is 210 Å². The molecule has 8 aliphatic rings. The first kappa shape index (κ1) is 79.2. The van der Waals surface area contributed by atoms with Gasteiger partial charge in [0.25, 0.3) is 0 Å². The first-order valence-electron chi connectivity index (χ1n) is 40.6. The minimum Gasteiger partial charge on any atom is -0.487 e. The molecule has 20 rings (SSSR count). The number of nitrogens with one attached hydrogen (secondary N) is 3. The molecule has 12 aromatic rings. The highest BCUT2D eigenvalue weighted by atomic mass is 79.9. The highest BCUT2D eigenvalue weighted by Crippen LogP contribution is 2.44. The summed E-state index contributed by atoms with van der Waals surface area (Å²) in [5.41, 5.74) is 18.2. The fourth-order valence-corrected chi connectivity index (χ4v) is 19.3. The average molecular weight is 1640 g/mol. The van der Waals surface area contributed by atoms with Crippen molar-refractivity contribution in [2.24, 2.45) is 0 Å². The number of pyridine rings is 4. The maximum atomic E-state index is 14.1. The second kappa shape index (κ2) is 33.3. The Balaban J connectivity index is 0.000000111. The maximum absolute atomic E-state index is 14.1. The largest absolute Gasteiger partial charge is 0.487 e. The van der Waals surface area contributed by atoms with Crippen molar-refractivity contribution in [3.8, 4) is 23.0 Å². The molecule has 0 saturated heterocycles. The number of aliphatic hydroxyl groups is 8. The molecule has 0 radical (unpaired) electrons. The summed E-state index contributed by atoms with van der Waals surface area (Å²) in [6.07, 6.45) is 10.7. The summed E-state index contributed by atoms with van der Waals surface area (Å²) in [6.45, 7) is 17.0. The van der Waals surface area contributed by atoms with Crippen LogP contribution in [0.2, 0.25) is 0 Å². The number of halogens is 2. The molecular weight excluding hydrogens is 1540 g/mol. The SMILES string of the molecule is Cc1cc2c(c(OC3CC(n4ccc5c(C)ccnc54)[C@H](O)[C@@H]3O)c1)CNCC2.Cc1ccnc2c1ccn2C1CC(Oc2cc(Br)cc3c2CNCC3)[C@@H](O)[C@H]1O.Cc1ccnc2c1ccn2C1CC(Oc2cc(F)cc3c2CNCC3)[C@@H](O)[C@H]1O.Cc1ccnc2c1ccn2C1CC(Oc2cccc3c2CCN(C)C3)[C@@H](O)[C@H]1O. The van der Waals surface area contributed by atoms with Crippen LogP contribution in [0.15, 0.2) is 157 Å². The lowest BCUT2D eigenvalue weighted by molar-refractivity contribution is -0.0167. The van der Waals surface area contributed by atoms with Crippen molar-refractivity contribution < 1.29 is 64.2 Å². The minimum atomic E-state index is -1.07. The highest BCUT2D eigenvalue weighted by molar-refractivity contribution is 9.10. The maximum Gasteiger partial charge on any atom is 0.140 e. The van der Waals surface area contributed by atoms with Crippen LogP contribution in [0, 0.1) is 40.4 Å².